The average Bonchev–Trinajstić information content (AvgIpc) is 2.31. The van der Waals surface area contributed by atoms with Crippen LogP contribution >= 0.6 is 11.6 Å². The zero-order chi connectivity index (χ0) is 13.1. The Morgan fingerprint density at radius 1 is 1.29 bits per heavy atom. The van der Waals surface area contributed by atoms with Crippen molar-refractivity contribution in [2.45, 2.75) is 39.5 Å². The van der Waals surface area contributed by atoms with E-state index in [0.29, 0.717) is 0 Å². The molecule has 0 heterocycles. The lowest BCUT2D eigenvalue weighted by atomic mass is 10.0. The lowest BCUT2D eigenvalue weighted by Crippen LogP contribution is -2.06. The largest absolute Gasteiger partial charge is 0.399 e. The molecule has 2 nitrogen and oxygen atoms in total. The third-order valence-corrected chi connectivity index (χ3v) is 2.83. The van der Waals surface area contributed by atoms with Crippen LogP contribution in [0, 0.1) is 5.92 Å². The predicted octanol–water partition coefficient (Wildman–Crippen LogP) is 4.24. The van der Waals surface area contributed by atoms with E-state index in [1.54, 1.807) is 0 Å². The van der Waals surface area contributed by atoms with Crippen molar-refractivity contribution < 1.29 is 4.79 Å². The summed E-state index contributed by atoms with van der Waals surface area (Å²) in [6.07, 6.45) is 4.08. The van der Waals surface area contributed by atoms with Crippen LogP contribution in [-0.2, 0) is 4.79 Å². The molecule has 0 amide bonds. The van der Waals surface area contributed by atoms with Crippen LogP contribution in [0.5, 0.6) is 0 Å². The Bertz CT molecular complexity index is 300. The van der Waals surface area contributed by atoms with Gasteiger partial charge in [0.15, 0.2) is 0 Å². The number of unbranched alkanes of at least 4 members (excludes halogenated alkanes) is 1. The molecule has 0 aromatic heterocycles. The van der Waals surface area contributed by atoms with E-state index >= 15 is 0 Å². The summed E-state index contributed by atoms with van der Waals surface area (Å²) in [5, 5.41) is -0.170. The smallest absolute Gasteiger partial charge is 0.224 e. The predicted molar refractivity (Wildman–Crippen MR) is 75.0 cm³/mol. The summed E-state index contributed by atoms with van der Waals surface area (Å²) < 4.78 is 0. The van der Waals surface area contributed by atoms with Gasteiger partial charge in [-0.25, -0.2) is 0 Å². The van der Waals surface area contributed by atoms with Crippen LogP contribution in [0.4, 0.5) is 5.69 Å². The maximum atomic E-state index is 10.6. The molecule has 0 saturated carbocycles. The monoisotopic (exact) mass is 255 g/mol. The summed E-state index contributed by atoms with van der Waals surface area (Å²) in [7, 11) is 0. The third kappa shape index (κ3) is 8.75. The van der Waals surface area contributed by atoms with Crippen molar-refractivity contribution >= 4 is 22.5 Å². The average molecular weight is 256 g/mol. The zero-order valence-corrected chi connectivity index (χ0v) is 11.4. The molecule has 0 spiro atoms. The van der Waals surface area contributed by atoms with Crippen LogP contribution in [0.25, 0.3) is 0 Å². The SMILES string of the molecule is CCCCC(CC)C(=O)Cl.Nc1ccccc1. The molecule has 0 saturated heterocycles. The van der Waals surface area contributed by atoms with Crippen molar-refractivity contribution in [2.24, 2.45) is 5.92 Å². The summed E-state index contributed by atoms with van der Waals surface area (Å²) in [5.74, 6) is 0.0987. The molecule has 0 bridgehead atoms. The molecule has 0 radical (unpaired) electrons. The molecule has 3 heteroatoms. The number of carbonyl (C=O) groups excluding carboxylic acids is 1. The number of anilines is 1. The van der Waals surface area contributed by atoms with Crippen LogP contribution in [-0.4, -0.2) is 5.24 Å². The molecule has 1 rings (SSSR count). The minimum atomic E-state index is -0.170. The molecule has 0 aliphatic heterocycles. The fourth-order valence-corrected chi connectivity index (χ4v) is 1.65. The Balaban J connectivity index is 0.000000318. The molecule has 0 aliphatic rings. The van der Waals surface area contributed by atoms with E-state index in [0.717, 1.165) is 31.4 Å². The van der Waals surface area contributed by atoms with Gasteiger partial charge >= 0.3 is 0 Å². The highest BCUT2D eigenvalue weighted by molar-refractivity contribution is 6.63. The van der Waals surface area contributed by atoms with E-state index in [4.69, 9.17) is 17.3 Å². The second-order valence-electron chi connectivity index (χ2n) is 3.96. The first kappa shape index (κ1) is 16.0. The van der Waals surface area contributed by atoms with Gasteiger partial charge in [0.25, 0.3) is 0 Å². The molecule has 1 unspecified atom stereocenters. The molecule has 0 fully saturated rings. The van der Waals surface area contributed by atoms with Gasteiger partial charge in [0.1, 0.15) is 0 Å². The number of nitrogen functional groups attached to an aromatic ring is 1. The maximum Gasteiger partial charge on any atom is 0.224 e. The van der Waals surface area contributed by atoms with Crippen molar-refractivity contribution in [1.82, 2.24) is 0 Å². The van der Waals surface area contributed by atoms with Crippen LogP contribution in [0.15, 0.2) is 30.3 Å². The Kier molecular flexibility index (Phi) is 9.55. The highest BCUT2D eigenvalue weighted by Crippen LogP contribution is 2.14. The van der Waals surface area contributed by atoms with Crippen LogP contribution in [0.1, 0.15) is 39.5 Å². The third-order valence-electron chi connectivity index (χ3n) is 2.52. The topological polar surface area (TPSA) is 43.1 Å². The number of halogens is 1. The van der Waals surface area contributed by atoms with Gasteiger partial charge < -0.3 is 5.73 Å². The second-order valence-corrected chi connectivity index (χ2v) is 4.33. The number of nitrogens with two attached hydrogens (primary N) is 1. The van der Waals surface area contributed by atoms with Gasteiger partial charge in [-0.2, -0.15) is 0 Å². The fourth-order valence-electron chi connectivity index (χ4n) is 1.38. The van der Waals surface area contributed by atoms with Crippen molar-refractivity contribution in [1.29, 1.82) is 0 Å². The number of para-hydroxylation sites is 1. The van der Waals surface area contributed by atoms with Gasteiger partial charge in [0.2, 0.25) is 5.24 Å². The summed E-state index contributed by atoms with van der Waals surface area (Å²) in [5.41, 5.74) is 6.18. The van der Waals surface area contributed by atoms with E-state index in [2.05, 4.69) is 6.92 Å². The number of hydrogen-bond acceptors (Lipinski definition) is 2. The molecule has 1 aromatic carbocycles. The first-order valence-corrected chi connectivity index (χ1v) is 6.49. The first-order chi connectivity index (χ1) is 8.11. The second kappa shape index (κ2) is 10.2. The van der Waals surface area contributed by atoms with Gasteiger partial charge in [-0.1, -0.05) is 44.9 Å². The fraction of sp³-hybridized carbons (Fsp3) is 0.500. The molecule has 17 heavy (non-hydrogen) atoms. The quantitative estimate of drug-likeness (QED) is 0.632. The van der Waals surface area contributed by atoms with Crippen molar-refractivity contribution in [3.8, 4) is 0 Å². The number of benzene rings is 1. The Hall–Kier alpha value is -1.02. The summed E-state index contributed by atoms with van der Waals surface area (Å²) in [6.45, 7) is 4.12. The minimum Gasteiger partial charge on any atom is -0.399 e. The zero-order valence-electron chi connectivity index (χ0n) is 10.7. The van der Waals surface area contributed by atoms with Crippen molar-refractivity contribution in [3.05, 3.63) is 30.3 Å². The maximum absolute atomic E-state index is 10.6. The molecule has 1 atom stereocenters. The van der Waals surface area contributed by atoms with Gasteiger partial charge in [0, 0.05) is 11.6 Å². The summed E-state index contributed by atoms with van der Waals surface area (Å²) >= 11 is 5.34. The molecular formula is C14H22ClNO. The highest BCUT2D eigenvalue weighted by atomic mass is 35.5. The van der Waals surface area contributed by atoms with E-state index in [1.807, 2.05) is 37.3 Å². The van der Waals surface area contributed by atoms with Gasteiger partial charge in [0.05, 0.1) is 0 Å². The van der Waals surface area contributed by atoms with Crippen LogP contribution in [0.3, 0.4) is 0 Å². The van der Waals surface area contributed by atoms with Crippen molar-refractivity contribution in [3.63, 3.8) is 0 Å². The van der Waals surface area contributed by atoms with Gasteiger partial charge in [-0.3, -0.25) is 4.79 Å². The van der Waals surface area contributed by atoms with E-state index in [-0.39, 0.29) is 11.2 Å². The van der Waals surface area contributed by atoms with Gasteiger partial charge in [-0.05, 0) is 36.6 Å². The Morgan fingerprint density at radius 3 is 2.18 bits per heavy atom. The molecule has 96 valence electrons. The molecule has 0 aliphatic carbocycles. The molecule has 2 N–H and O–H groups in total. The Morgan fingerprint density at radius 2 is 1.88 bits per heavy atom. The molecular weight excluding hydrogens is 234 g/mol. The van der Waals surface area contributed by atoms with Gasteiger partial charge in [-0.15, -0.1) is 0 Å². The lowest BCUT2D eigenvalue weighted by molar-refractivity contribution is -0.115. The highest BCUT2D eigenvalue weighted by Gasteiger charge is 2.11. The number of rotatable bonds is 5. The molecule has 1 aromatic rings. The normalized spacial score (nSPS) is 11.2. The van der Waals surface area contributed by atoms with E-state index < -0.39 is 0 Å². The van der Waals surface area contributed by atoms with E-state index in [1.165, 1.54) is 0 Å². The van der Waals surface area contributed by atoms with Crippen molar-refractivity contribution in [2.75, 3.05) is 5.73 Å². The minimum absolute atomic E-state index is 0.0987. The number of hydrogen-bond donors (Lipinski definition) is 1. The lowest BCUT2D eigenvalue weighted by Gasteiger charge is -2.06. The van der Waals surface area contributed by atoms with Crippen LogP contribution < -0.4 is 5.73 Å². The summed E-state index contributed by atoms with van der Waals surface area (Å²) in [6, 6.07) is 9.49. The van der Waals surface area contributed by atoms with E-state index in [9.17, 15) is 4.79 Å². The standard InChI is InChI=1S/C8H15ClO.C6H7N/c1-3-5-6-7(4-2)8(9)10;7-6-4-2-1-3-5-6/h7H,3-6H2,1-2H3;1-5H,7H2. The number of carbonyl (C=O) groups is 1. The Labute approximate surface area is 109 Å². The summed E-state index contributed by atoms with van der Waals surface area (Å²) in [4.78, 5) is 10.6. The van der Waals surface area contributed by atoms with Crippen LogP contribution in [0.2, 0.25) is 0 Å². The first-order valence-electron chi connectivity index (χ1n) is 6.11.